The molecule has 0 aromatic carbocycles. The van der Waals surface area contributed by atoms with Gasteiger partial charge in [-0.25, -0.2) is 0 Å². The van der Waals surface area contributed by atoms with Crippen molar-refractivity contribution in [3.63, 3.8) is 0 Å². The average Bonchev–Trinajstić information content (AvgIpc) is 2.00. The Morgan fingerprint density at radius 1 is 1.36 bits per heavy atom. The van der Waals surface area contributed by atoms with Gasteiger partial charge in [-0.2, -0.15) is 0 Å². The molecule has 0 amide bonds. The van der Waals surface area contributed by atoms with Crippen molar-refractivity contribution in [3.8, 4) is 0 Å². The summed E-state index contributed by atoms with van der Waals surface area (Å²) in [6.07, 6.45) is 1.53. The molecule has 0 rings (SSSR count). The highest BCUT2D eigenvalue weighted by molar-refractivity contribution is 4.60. The number of hydrogen-bond acceptors (Lipinski definition) is 2. The van der Waals surface area contributed by atoms with Crippen molar-refractivity contribution >= 4 is 0 Å². The Morgan fingerprint density at radius 2 is 2.00 bits per heavy atom. The number of rotatable bonds is 6. The Morgan fingerprint density at radius 3 is 2.45 bits per heavy atom. The Hall–Kier alpha value is -0.0800. The van der Waals surface area contributed by atoms with Gasteiger partial charge in [-0.1, -0.05) is 13.8 Å². The highest BCUT2D eigenvalue weighted by atomic mass is 16.5. The van der Waals surface area contributed by atoms with Crippen molar-refractivity contribution in [3.05, 3.63) is 0 Å². The lowest BCUT2D eigenvalue weighted by Crippen LogP contribution is -2.23. The molecular weight excluding hydrogens is 138 g/mol. The van der Waals surface area contributed by atoms with Crippen molar-refractivity contribution in [2.75, 3.05) is 20.2 Å². The van der Waals surface area contributed by atoms with E-state index in [4.69, 9.17) is 4.74 Å². The van der Waals surface area contributed by atoms with Crippen LogP contribution in [0.25, 0.3) is 0 Å². The Labute approximate surface area is 70.3 Å². The molecule has 0 fully saturated rings. The lowest BCUT2D eigenvalue weighted by Gasteiger charge is -2.15. The van der Waals surface area contributed by atoms with Crippen LogP contribution >= 0.6 is 0 Å². The molecule has 0 aromatic rings. The normalized spacial score (nSPS) is 16.4. The van der Waals surface area contributed by atoms with Crippen LogP contribution < -0.4 is 5.32 Å². The van der Waals surface area contributed by atoms with Gasteiger partial charge in [-0.05, 0) is 32.4 Å². The van der Waals surface area contributed by atoms with Crippen LogP contribution in [0.3, 0.4) is 0 Å². The molecule has 1 N–H and O–H groups in total. The van der Waals surface area contributed by atoms with Gasteiger partial charge in [-0.15, -0.1) is 0 Å². The third-order valence-electron chi connectivity index (χ3n) is 1.88. The van der Waals surface area contributed by atoms with Crippen LogP contribution in [0.15, 0.2) is 0 Å². The zero-order valence-electron chi connectivity index (χ0n) is 8.18. The van der Waals surface area contributed by atoms with Crippen molar-refractivity contribution in [1.29, 1.82) is 0 Å². The first-order valence-corrected chi connectivity index (χ1v) is 4.44. The van der Waals surface area contributed by atoms with E-state index >= 15 is 0 Å². The fourth-order valence-corrected chi connectivity index (χ4v) is 1.14. The van der Waals surface area contributed by atoms with E-state index in [9.17, 15) is 0 Å². The van der Waals surface area contributed by atoms with E-state index in [0.29, 0.717) is 12.0 Å². The van der Waals surface area contributed by atoms with Crippen LogP contribution in [0.2, 0.25) is 0 Å². The average molecular weight is 159 g/mol. The molecule has 0 saturated heterocycles. The summed E-state index contributed by atoms with van der Waals surface area (Å²) >= 11 is 0. The summed E-state index contributed by atoms with van der Waals surface area (Å²) in [6.45, 7) is 8.66. The van der Waals surface area contributed by atoms with E-state index in [0.717, 1.165) is 19.5 Å². The van der Waals surface area contributed by atoms with E-state index in [1.54, 1.807) is 7.11 Å². The van der Waals surface area contributed by atoms with Crippen molar-refractivity contribution in [2.45, 2.75) is 33.3 Å². The van der Waals surface area contributed by atoms with Gasteiger partial charge in [0, 0.05) is 7.11 Å². The summed E-state index contributed by atoms with van der Waals surface area (Å²) in [6, 6.07) is 0. The van der Waals surface area contributed by atoms with E-state index in [1.165, 1.54) is 0 Å². The summed E-state index contributed by atoms with van der Waals surface area (Å²) in [7, 11) is 1.77. The van der Waals surface area contributed by atoms with E-state index in [1.807, 2.05) is 0 Å². The molecule has 0 aliphatic rings. The number of methoxy groups -OCH3 is 1. The van der Waals surface area contributed by atoms with Crippen LogP contribution in [0.4, 0.5) is 0 Å². The van der Waals surface area contributed by atoms with E-state index in [2.05, 4.69) is 26.1 Å². The molecule has 68 valence electrons. The Balaban J connectivity index is 3.27. The molecule has 0 aromatic heterocycles. The third-order valence-corrected chi connectivity index (χ3v) is 1.88. The molecule has 0 saturated carbocycles. The smallest absolute Gasteiger partial charge is 0.0546 e. The van der Waals surface area contributed by atoms with Gasteiger partial charge in [-0.3, -0.25) is 0 Å². The summed E-state index contributed by atoms with van der Waals surface area (Å²) in [5.74, 6) is 0.713. The van der Waals surface area contributed by atoms with Crippen molar-refractivity contribution < 1.29 is 4.74 Å². The molecule has 11 heavy (non-hydrogen) atoms. The molecule has 0 aliphatic heterocycles. The van der Waals surface area contributed by atoms with E-state index in [-0.39, 0.29) is 0 Å². The second-order valence-corrected chi connectivity index (χ2v) is 3.19. The second kappa shape index (κ2) is 6.62. The van der Waals surface area contributed by atoms with Crippen molar-refractivity contribution in [2.24, 2.45) is 5.92 Å². The number of hydrogen-bond donors (Lipinski definition) is 1. The van der Waals surface area contributed by atoms with Gasteiger partial charge < -0.3 is 10.1 Å². The molecule has 2 nitrogen and oxygen atoms in total. The standard InChI is InChI=1S/C9H21NO/c1-5-10-7-8(2)6-9(3)11-4/h8-10H,5-7H2,1-4H3. The highest BCUT2D eigenvalue weighted by Crippen LogP contribution is 2.06. The minimum Gasteiger partial charge on any atom is -0.382 e. The second-order valence-electron chi connectivity index (χ2n) is 3.19. The maximum Gasteiger partial charge on any atom is 0.0546 e. The van der Waals surface area contributed by atoms with Crippen LogP contribution in [-0.2, 0) is 4.74 Å². The lowest BCUT2D eigenvalue weighted by atomic mass is 10.0. The fraction of sp³-hybridized carbons (Fsp3) is 1.00. The first kappa shape index (κ1) is 10.9. The Kier molecular flexibility index (Phi) is 6.57. The summed E-state index contributed by atoms with van der Waals surface area (Å²) < 4.78 is 5.17. The summed E-state index contributed by atoms with van der Waals surface area (Å²) in [4.78, 5) is 0. The molecule has 2 heteroatoms. The molecule has 2 unspecified atom stereocenters. The van der Waals surface area contributed by atoms with Crippen LogP contribution in [0.5, 0.6) is 0 Å². The predicted molar refractivity (Wildman–Crippen MR) is 48.8 cm³/mol. The van der Waals surface area contributed by atoms with Gasteiger partial charge in [0.25, 0.3) is 0 Å². The van der Waals surface area contributed by atoms with Gasteiger partial charge >= 0.3 is 0 Å². The quantitative estimate of drug-likeness (QED) is 0.636. The van der Waals surface area contributed by atoms with Crippen LogP contribution in [0.1, 0.15) is 27.2 Å². The molecule has 0 aliphatic carbocycles. The van der Waals surface area contributed by atoms with Gasteiger partial charge in [0.15, 0.2) is 0 Å². The monoisotopic (exact) mass is 159 g/mol. The zero-order valence-corrected chi connectivity index (χ0v) is 8.18. The highest BCUT2D eigenvalue weighted by Gasteiger charge is 2.06. The topological polar surface area (TPSA) is 21.3 Å². The summed E-state index contributed by atoms with van der Waals surface area (Å²) in [5.41, 5.74) is 0. The molecule has 0 heterocycles. The Bertz CT molecular complexity index is 85.6. The SMILES string of the molecule is CCNCC(C)CC(C)OC. The number of ether oxygens (including phenoxy) is 1. The van der Waals surface area contributed by atoms with E-state index < -0.39 is 0 Å². The maximum absolute atomic E-state index is 5.17. The third kappa shape index (κ3) is 6.32. The molecule has 0 bridgehead atoms. The molecule has 2 atom stereocenters. The lowest BCUT2D eigenvalue weighted by molar-refractivity contribution is 0.0973. The van der Waals surface area contributed by atoms with Gasteiger partial charge in [0.1, 0.15) is 0 Å². The molecule has 0 radical (unpaired) electrons. The number of nitrogens with one attached hydrogen (secondary N) is 1. The first-order valence-electron chi connectivity index (χ1n) is 4.44. The minimum absolute atomic E-state index is 0.392. The summed E-state index contributed by atoms with van der Waals surface area (Å²) in [5, 5.41) is 3.32. The van der Waals surface area contributed by atoms with Crippen LogP contribution in [-0.4, -0.2) is 26.3 Å². The fourth-order valence-electron chi connectivity index (χ4n) is 1.14. The maximum atomic E-state index is 5.17. The van der Waals surface area contributed by atoms with Crippen molar-refractivity contribution in [1.82, 2.24) is 5.32 Å². The first-order chi connectivity index (χ1) is 5.20. The van der Waals surface area contributed by atoms with Gasteiger partial charge in [0.05, 0.1) is 6.10 Å². The molecule has 0 spiro atoms. The van der Waals surface area contributed by atoms with Gasteiger partial charge in [0.2, 0.25) is 0 Å². The minimum atomic E-state index is 0.392. The molecular formula is C9H21NO. The largest absolute Gasteiger partial charge is 0.382 e. The zero-order chi connectivity index (χ0) is 8.69. The van der Waals surface area contributed by atoms with Crippen LogP contribution in [0, 0.1) is 5.92 Å². The predicted octanol–water partition coefficient (Wildman–Crippen LogP) is 1.66.